The quantitative estimate of drug-likeness (QED) is 0.638. The zero-order valence-corrected chi connectivity index (χ0v) is 12.5. The summed E-state index contributed by atoms with van der Waals surface area (Å²) in [5, 5.41) is 16.5. The lowest BCUT2D eigenvalue weighted by Gasteiger charge is -2.12. The molecular weight excluding hydrogens is 312 g/mol. The molecule has 10 heteroatoms. The summed E-state index contributed by atoms with van der Waals surface area (Å²) in [4.78, 5) is 33.7. The summed E-state index contributed by atoms with van der Waals surface area (Å²) >= 11 is 1.15. The number of nitrogens with one attached hydrogen (secondary N) is 2. The Labute approximate surface area is 128 Å². The average Bonchev–Trinajstić information content (AvgIpc) is 3.06. The van der Waals surface area contributed by atoms with E-state index < -0.39 is 16.7 Å². The van der Waals surface area contributed by atoms with Crippen LogP contribution in [0, 0.1) is 10.1 Å². The fraction of sp³-hybridized carbons (Fsp3) is 0.167. The minimum absolute atomic E-state index is 0.209. The monoisotopic (exact) mass is 324 g/mol. The van der Waals surface area contributed by atoms with E-state index in [-0.39, 0.29) is 17.2 Å². The molecule has 0 aromatic carbocycles. The average molecular weight is 324 g/mol. The Morgan fingerprint density at radius 2 is 2.00 bits per heavy atom. The number of carbonyl (C=O) groups is 2. The molecule has 116 valence electrons. The molecule has 9 nitrogen and oxygen atoms in total. The number of thiophene rings is 1. The summed E-state index contributed by atoms with van der Waals surface area (Å²) in [5.74, 6) is -1.79. The van der Waals surface area contributed by atoms with Crippen molar-refractivity contribution < 1.29 is 18.9 Å². The molecular formula is C12H12N4O5S. The molecule has 0 spiro atoms. The van der Waals surface area contributed by atoms with E-state index in [9.17, 15) is 19.7 Å². The van der Waals surface area contributed by atoms with Crippen LogP contribution in [0.4, 0.5) is 10.9 Å². The minimum Gasteiger partial charge on any atom is -0.395 e. The molecule has 2 heterocycles. The fourth-order valence-electron chi connectivity index (χ4n) is 1.56. The van der Waals surface area contributed by atoms with E-state index in [0.717, 1.165) is 17.4 Å². The van der Waals surface area contributed by atoms with E-state index >= 15 is 0 Å². The minimum atomic E-state index is -0.738. The molecule has 0 bridgehead atoms. The Morgan fingerprint density at radius 3 is 2.59 bits per heavy atom. The van der Waals surface area contributed by atoms with Gasteiger partial charge in [-0.25, -0.2) is 5.01 Å². The van der Waals surface area contributed by atoms with E-state index in [2.05, 4.69) is 10.7 Å². The fourth-order valence-corrected chi connectivity index (χ4v) is 2.34. The van der Waals surface area contributed by atoms with Gasteiger partial charge in [0.1, 0.15) is 9.92 Å². The van der Waals surface area contributed by atoms with Crippen molar-refractivity contribution in [1.29, 1.82) is 0 Å². The first-order valence-electron chi connectivity index (χ1n) is 6.00. The number of hydrogen-bond acceptors (Lipinski definition) is 7. The van der Waals surface area contributed by atoms with Crippen molar-refractivity contribution in [2.45, 2.75) is 0 Å². The highest BCUT2D eigenvalue weighted by Crippen LogP contribution is 2.25. The molecule has 0 aliphatic heterocycles. The van der Waals surface area contributed by atoms with E-state index in [1.165, 1.54) is 11.1 Å². The number of anilines is 1. The van der Waals surface area contributed by atoms with Crippen LogP contribution in [0.25, 0.3) is 0 Å². The Morgan fingerprint density at radius 1 is 1.27 bits per heavy atom. The molecule has 2 amide bonds. The topological polar surface area (TPSA) is 118 Å². The third-order valence-corrected chi connectivity index (χ3v) is 3.29. The van der Waals surface area contributed by atoms with Gasteiger partial charge < -0.3 is 9.73 Å². The summed E-state index contributed by atoms with van der Waals surface area (Å²) in [7, 11) is 3.31. The van der Waals surface area contributed by atoms with Crippen molar-refractivity contribution in [3.63, 3.8) is 0 Å². The lowest BCUT2D eigenvalue weighted by atomic mass is 10.3. The van der Waals surface area contributed by atoms with Gasteiger partial charge in [-0.05, 0) is 17.5 Å². The first kappa shape index (κ1) is 15.7. The third kappa shape index (κ3) is 3.48. The number of nitrogens with zero attached hydrogens (tertiary/aromatic N) is 2. The van der Waals surface area contributed by atoms with Gasteiger partial charge in [-0.15, -0.1) is 11.3 Å². The van der Waals surface area contributed by atoms with Gasteiger partial charge in [0.15, 0.2) is 5.76 Å². The molecule has 2 rings (SSSR count). The number of nitro groups is 1. The van der Waals surface area contributed by atoms with Crippen LogP contribution >= 0.6 is 11.3 Å². The smallest absolute Gasteiger partial charge is 0.395 e. The predicted octanol–water partition coefficient (Wildman–Crippen LogP) is 1.71. The lowest BCUT2D eigenvalue weighted by molar-refractivity contribution is -0.402. The summed E-state index contributed by atoms with van der Waals surface area (Å²) in [6.45, 7) is 0. The van der Waals surface area contributed by atoms with Gasteiger partial charge in [-0.3, -0.25) is 25.1 Å². The largest absolute Gasteiger partial charge is 0.433 e. The van der Waals surface area contributed by atoms with Gasteiger partial charge in [-0.1, -0.05) is 0 Å². The molecule has 0 fully saturated rings. The SMILES string of the molecule is CN(C)NC(=O)c1ccsc1NC(=O)c1ccc([N+](=O)[O-])o1. The molecule has 0 saturated heterocycles. The molecule has 0 aliphatic rings. The maximum Gasteiger partial charge on any atom is 0.433 e. The van der Waals surface area contributed by atoms with Gasteiger partial charge in [0.2, 0.25) is 0 Å². The highest BCUT2D eigenvalue weighted by atomic mass is 32.1. The van der Waals surface area contributed by atoms with Crippen LogP contribution in [0.1, 0.15) is 20.9 Å². The molecule has 0 radical (unpaired) electrons. The summed E-state index contributed by atoms with van der Waals surface area (Å²) < 4.78 is 4.81. The van der Waals surface area contributed by atoms with Gasteiger partial charge in [-0.2, -0.15) is 0 Å². The molecule has 2 aromatic rings. The first-order valence-corrected chi connectivity index (χ1v) is 6.88. The zero-order chi connectivity index (χ0) is 16.3. The Hall–Kier alpha value is -2.72. The second-order valence-electron chi connectivity index (χ2n) is 4.35. The van der Waals surface area contributed by atoms with E-state index in [4.69, 9.17) is 4.42 Å². The van der Waals surface area contributed by atoms with Crippen LogP contribution < -0.4 is 10.7 Å². The molecule has 0 saturated carbocycles. The second-order valence-corrected chi connectivity index (χ2v) is 5.26. The van der Waals surface area contributed by atoms with E-state index in [1.807, 2.05) is 0 Å². The number of rotatable bonds is 5. The molecule has 22 heavy (non-hydrogen) atoms. The molecule has 0 aliphatic carbocycles. The van der Waals surface area contributed by atoms with Crippen LogP contribution in [0.5, 0.6) is 0 Å². The van der Waals surface area contributed by atoms with Crippen molar-refractivity contribution in [2.75, 3.05) is 19.4 Å². The highest BCUT2D eigenvalue weighted by molar-refractivity contribution is 7.14. The molecule has 2 N–H and O–H groups in total. The van der Waals surface area contributed by atoms with Crippen molar-refractivity contribution in [3.05, 3.63) is 45.0 Å². The van der Waals surface area contributed by atoms with Crippen molar-refractivity contribution in [3.8, 4) is 0 Å². The Balaban J connectivity index is 2.13. The maximum absolute atomic E-state index is 12.0. The van der Waals surface area contributed by atoms with E-state index in [1.54, 1.807) is 25.5 Å². The Bertz CT molecular complexity index is 721. The molecule has 2 aromatic heterocycles. The van der Waals surface area contributed by atoms with Crippen LogP contribution in [-0.2, 0) is 0 Å². The number of hydrogen-bond donors (Lipinski definition) is 2. The first-order chi connectivity index (χ1) is 10.4. The zero-order valence-electron chi connectivity index (χ0n) is 11.7. The molecule has 0 unspecified atom stereocenters. The third-order valence-electron chi connectivity index (χ3n) is 2.46. The lowest BCUT2D eigenvalue weighted by Crippen LogP contribution is -2.36. The van der Waals surface area contributed by atoms with Crippen molar-refractivity contribution >= 4 is 34.0 Å². The standard InChI is InChI=1S/C12H12N4O5S/c1-15(2)14-10(17)7-5-6-22-12(7)13-11(18)8-3-4-9(21-8)16(19)20/h3-6H,1-2H3,(H,13,18)(H,14,17). The van der Waals surface area contributed by atoms with Crippen LogP contribution in [0.2, 0.25) is 0 Å². The van der Waals surface area contributed by atoms with Gasteiger partial charge in [0, 0.05) is 14.1 Å². The number of amides is 2. The maximum atomic E-state index is 12.0. The Kier molecular flexibility index (Phi) is 4.53. The van der Waals surface area contributed by atoms with Crippen molar-refractivity contribution in [2.24, 2.45) is 0 Å². The number of furan rings is 1. The van der Waals surface area contributed by atoms with E-state index in [0.29, 0.717) is 5.00 Å². The summed E-state index contributed by atoms with van der Waals surface area (Å²) in [5.41, 5.74) is 2.84. The van der Waals surface area contributed by atoms with Crippen LogP contribution in [-0.4, -0.2) is 35.8 Å². The van der Waals surface area contributed by atoms with Crippen LogP contribution in [0.3, 0.4) is 0 Å². The van der Waals surface area contributed by atoms with Gasteiger partial charge in [0.25, 0.3) is 11.8 Å². The van der Waals surface area contributed by atoms with Crippen molar-refractivity contribution in [1.82, 2.24) is 10.4 Å². The summed E-state index contributed by atoms with van der Waals surface area (Å²) in [6.07, 6.45) is 0. The second kappa shape index (κ2) is 6.37. The van der Waals surface area contributed by atoms with Gasteiger partial charge >= 0.3 is 5.88 Å². The summed E-state index contributed by atoms with van der Waals surface area (Å²) in [6, 6.07) is 3.84. The highest BCUT2D eigenvalue weighted by Gasteiger charge is 2.20. The predicted molar refractivity (Wildman–Crippen MR) is 78.8 cm³/mol. The van der Waals surface area contributed by atoms with Crippen LogP contribution in [0.15, 0.2) is 28.0 Å². The van der Waals surface area contributed by atoms with Gasteiger partial charge in [0.05, 0.1) is 11.6 Å². The number of hydrazine groups is 1. The molecule has 0 atom stereocenters. The number of carbonyl (C=O) groups excluding carboxylic acids is 2. The normalized spacial score (nSPS) is 10.5.